The summed E-state index contributed by atoms with van der Waals surface area (Å²) in [6.45, 7) is 13.6. The van der Waals surface area contributed by atoms with Crippen LogP contribution in [0.2, 0.25) is 0 Å². The number of fused-ring (bicyclic) bond motifs is 5. The minimum Gasteiger partial charge on any atom is -0.135 e. The monoisotopic (exact) mass is 700 g/mol. The molecule has 8 aromatic carbocycles. The number of thiophene rings is 1. The molecule has 0 saturated carbocycles. The maximum atomic E-state index is 2.39. The molecule has 0 saturated heterocycles. The lowest BCUT2D eigenvalue weighted by Gasteiger charge is -2.19. The molecule has 0 fully saturated rings. The Bertz CT molecular complexity index is 2820. The minimum atomic E-state index is 0.148. The first-order valence-electron chi connectivity index (χ1n) is 18.7. The molecule has 0 aliphatic carbocycles. The van der Waals surface area contributed by atoms with Gasteiger partial charge in [0.1, 0.15) is 0 Å². The van der Waals surface area contributed by atoms with Gasteiger partial charge in [0.2, 0.25) is 0 Å². The summed E-state index contributed by atoms with van der Waals surface area (Å²) in [6.07, 6.45) is 0. The Kier molecular flexibility index (Phi) is 7.91. The summed E-state index contributed by atoms with van der Waals surface area (Å²) in [5.41, 5.74) is 13.0. The van der Waals surface area contributed by atoms with E-state index in [2.05, 4.69) is 199 Å². The molecular formula is C52H44S. The Balaban J connectivity index is 1.03. The highest BCUT2D eigenvalue weighted by Crippen LogP contribution is 2.40. The van der Waals surface area contributed by atoms with Gasteiger partial charge in [-0.2, -0.15) is 0 Å². The molecule has 0 N–H and O–H groups in total. The fourth-order valence-corrected chi connectivity index (χ4v) is 8.76. The number of hydrogen-bond donors (Lipinski definition) is 0. The molecule has 0 nitrogen and oxygen atoms in total. The predicted octanol–water partition coefficient (Wildman–Crippen LogP) is 15.6. The Morgan fingerprint density at radius 2 is 0.660 bits per heavy atom. The SMILES string of the molecule is CC(C)(C)c1ccc(-c2cccc(-c3ccc4cc5cc(-c6ccc7sc8ccc(-c9ccc(C(C)(C)C)cc9)cc8c7c6)ccc5cc4c3)c2)cc1. The van der Waals surface area contributed by atoms with Crippen LogP contribution in [0.5, 0.6) is 0 Å². The molecule has 258 valence electrons. The van der Waals surface area contributed by atoms with Crippen molar-refractivity contribution in [2.45, 2.75) is 52.4 Å². The van der Waals surface area contributed by atoms with E-state index in [0.717, 1.165) is 0 Å². The smallest absolute Gasteiger partial charge is 0.0355 e. The van der Waals surface area contributed by atoms with E-state index in [9.17, 15) is 0 Å². The topological polar surface area (TPSA) is 0 Å². The molecule has 0 amide bonds. The average Bonchev–Trinajstić information content (AvgIpc) is 3.53. The van der Waals surface area contributed by atoms with Crippen molar-refractivity contribution in [1.82, 2.24) is 0 Å². The molecule has 0 aliphatic heterocycles. The fourth-order valence-electron chi connectivity index (χ4n) is 7.70. The molecule has 0 spiro atoms. The van der Waals surface area contributed by atoms with E-state index in [-0.39, 0.29) is 10.8 Å². The molecule has 0 atom stereocenters. The van der Waals surface area contributed by atoms with Gasteiger partial charge in [-0.1, -0.05) is 145 Å². The van der Waals surface area contributed by atoms with Crippen LogP contribution in [0.1, 0.15) is 52.7 Å². The van der Waals surface area contributed by atoms with Gasteiger partial charge in [-0.3, -0.25) is 0 Å². The normalized spacial score (nSPS) is 12.3. The molecule has 1 heteroatoms. The maximum Gasteiger partial charge on any atom is 0.0355 e. The maximum absolute atomic E-state index is 2.39. The summed E-state index contributed by atoms with van der Waals surface area (Å²) in [5.74, 6) is 0. The zero-order valence-electron chi connectivity index (χ0n) is 31.4. The van der Waals surface area contributed by atoms with Crippen molar-refractivity contribution in [1.29, 1.82) is 0 Å². The summed E-state index contributed by atoms with van der Waals surface area (Å²) in [5, 5.41) is 7.70. The van der Waals surface area contributed by atoms with Gasteiger partial charge >= 0.3 is 0 Å². The molecule has 53 heavy (non-hydrogen) atoms. The lowest BCUT2D eigenvalue weighted by Crippen LogP contribution is -2.10. The van der Waals surface area contributed by atoms with Crippen LogP contribution in [0.4, 0.5) is 0 Å². The lowest BCUT2D eigenvalue weighted by molar-refractivity contribution is 0.590. The second kappa shape index (κ2) is 12.6. The van der Waals surface area contributed by atoms with Crippen LogP contribution in [-0.4, -0.2) is 0 Å². The highest BCUT2D eigenvalue weighted by Gasteiger charge is 2.15. The Labute approximate surface area is 317 Å². The van der Waals surface area contributed by atoms with E-state index in [1.807, 2.05) is 11.3 Å². The second-order valence-electron chi connectivity index (χ2n) is 16.7. The van der Waals surface area contributed by atoms with Crippen molar-refractivity contribution in [3.8, 4) is 44.5 Å². The van der Waals surface area contributed by atoms with E-state index in [1.54, 1.807) is 0 Å². The van der Waals surface area contributed by atoms with Crippen LogP contribution in [0.15, 0.2) is 158 Å². The summed E-state index contributed by atoms with van der Waals surface area (Å²) >= 11 is 1.88. The third kappa shape index (κ3) is 6.34. The molecule has 0 aliphatic rings. The highest BCUT2D eigenvalue weighted by molar-refractivity contribution is 7.25. The van der Waals surface area contributed by atoms with Crippen molar-refractivity contribution in [3.05, 3.63) is 169 Å². The van der Waals surface area contributed by atoms with Gasteiger partial charge in [-0.25, -0.2) is 0 Å². The van der Waals surface area contributed by atoms with Gasteiger partial charge in [0, 0.05) is 20.2 Å². The van der Waals surface area contributed by atoms with Crippen molar-refractivity contribution in [3.63, 3.8) is 0 Å². The Hall–Kier alpha value is -5.50. The van der Waals surface area contributed by atoms with Gasteiger partial charge in [-0.15, -0.1) is 11.3 Å². The number of hydrogen-bond acceptors (Lipinski definition) is 1. The minimum absolute atomic E-state index is 0.148. The number of benzene rings is 8. The zero-order chi connectivity index (χ0) is 36.5. The molecule has 0 bridgehead atoms. The molecule has 9 aromatic rings. The summed E-state index contributed by atoms with van der Waals surface area (Å²) < 4.78 is 2.66. The van der Waals surface area contributed by atoms with E-state index >= 15 is 0 Å². The molecule has 0 unspecified atom stereocenters. The third-order valence-corrected chi connectivity index (χ3v) is 12.1. The van der Waals surface area contributed by atoms with Crippen molar-refractivity contribution < 1.29 is 0 Å². The van der Waals surface area contributed by atoms with Crippen LogP contribution in [0, 0.1) is 0 Å². The van der Waals surface area contributed by atoms with Gasteiger partial charge in [-0.05, 0) is 143 Å². The largest absolute Gasteiger partial charge is 0.135 e. The first-order valence-corrected chi connectivity index (χ1v) is 19.5. The van der Waals surface area contributed by atoms with Crippen LogP contribution in [0.3, 0.4) is 0 Å². The predicted molar refractivity (Wildman–Crippen MR) is 233 cm³/mol. The van der Waals surface area contributed by atoms with E-state index in [4.69, 9.17) is 0 Å². The van der Waals surface area contributed by atoms with Crippen LogP contribution < -0.4 is 0 Å². The van der Waals surface area contributed by atoms with Crippen molar-refractivity contribution in [2.75, 3.05) is 0 Å². The van der Waals surface area contributed by atoms with E-state index in [0.29, 0.717) is 0 Å². The Morgan fingerprint density at radius 1 is 0.302 bits per heavy atom. The molecule has 9 rings (SSSR count). The summed E-state index contributed by atoms with van der Waals surface area (Å²) in [6, 6.07) is 59.5. The van der Waals surface area contributed by atoms with Crippen LogP contribution in [-0.2, 0) is 10.8 Å². The standard InChI is InChI=1S/C52H44S/c1-51(2,3)45-20-14-33(15-21-45)35-8-7-9-36(26-35)37-10-12-39-30-44-28-38(11-13-40(44)29-43(39)27-37)42-19-25-50-48(32-42)47-31-41(18-24-49(47)53-50)34-16-22-46(23-17-34)52(4,5)6/h7-32H,1-6H3. The first-order chi connectivity index (χ1) is 25.5. The van der Waals surface area contributed by atoms with Gasteiger partial charge in [0.25, 0.3) is 0 Å². The molecular weight excluding hydrogens is 657 g/mol. The van der Waals surface area contributed by atoms with Crippen LogP contribution in [0.25, 0.3) is 86.2 Å². The quantitative estimate of drug-likeness (QED) is 0.160. The third-order valence-electron chi connectivity index (χ3n) is 11.0. The van der Waals surface area contributed by atoms with Crippen LogP contribution >= 0.6 is 11.3 Å². The highest BCUT2D eigenvalue weighted by atomic mass is 32.1. The van der Waals surface area contributed by atoms with Crippen molar-refractivity contribution in [2.24, 2.45) is 0 Å². The second-order valence-corrected chi connectivity index (χ2v) is 17.8. The van der Waals surface area contributed by atoms with Gasteiger partial charge in [0.15, 0.2) is 0 Å². The van der Waals surface area contributed by atoms with E-state index in [1.165, 1.54) is 97.4 Å². The Morgan fingerprint density at radius 3 is 1.11 bits per heavy atom. The fraction of sp³-hybridized carbons (Fsp3) is 0.154. The average molecular weight is 701 g/mol. The summed E-state index contributed by atoms with van der Waals surface area (Å²) in [7, 11) is 0. The molecule has 1 aromatic heterocycles. The molecule has 0 radical (unpaired) electrons. The summed E-state index contributed by atoms with van der Waals surface area (Å²) in [4.78, 5) is 0. The molecule has 1 heterocycles. The van der Waals surface area contributed by atoms with Gasteiger partial charge in [0.05, 0.1) is 0 Å². The lowest BCUT2D eigenvalue weighted by atomic mass is 9.86. The van der Waals surface area contributed by atoms with Crippen molar-refractivity contribution >= 4 is 53.1 Å². The van der Waals surface area contributed by atoms with Gasteiger partial charge < -0.3 is 0 Å². The zero-order valence-corrected chi connectivity index (χ0v) is 32.2. The number of rotatable bonds is 4. The first kappa shape index (κ1) is 33.3. The van der Waals surface area contributed by atoms with E-state index < -0.39 is 0 Å².